The van der Waals surface area contributed by atoms with Crippen molar-refractivity contribution in [2.45, 2.75) is 51.1 Å². The molecule has 0 saturated heterocycles. The topological polar surface area (TPSA) is 73.1 Å². The van der Waals surface area contributed by atoms with Gasteiger partial charge in [0.1, 0.15) is 0 Å². The molecule has 0 aliphatic heterocycles. The van der Waals surface area contributed by atoms with Gasteiger partial charge in [0.15, 0.2) is 0 Å². The van der Waals surface area contributed by atoms with Gasteiger partial charge in [-0.1, -0.05) is 37.5 Å². The summed E-state index contributed by atoms with van der Waals surface area (Å²) in [7, 11) is 2.19. The maximum absolute atomic E-state index is 12.2. The standard InChI is InChI=1S/C20H29N5O/c1-25(18-8-3-2-4-9-18)15-17-7-5-6-10-19(17)24-20(26)21-12-11-16-13-22-23-14-16/h5-7,10,13-14,18H,2-4,8-9,11-12,15H2,1H3,(H,22,23)(H2,21,24,26). The minimum Gasteiger partial charge on any atom is -0.338 e. The predicted molar refractivity (Wildman–Crippen MR) is 104 cm³/mol. The second-order valence-electron chi connectivity index (χ2n) is 7.10. The number of hydrogen-bond donors (Lipinski definition) is 3. The van der Waals surface area contributed by atoms with Crippen molar-refractivity contribution in [2.24, 2.45) is 0 Å². The average Bonchev–Trinajstić information content (AvgIpc) is 3.17. The van der Waals surface area contributed by atoms with Gasteiger partial charge in [0.05, 0.1) is 6.20 Å². The van der Waals surface area contributed by atoms with Crippen LogP contribution in [0.15, 0.2) is 36.7 Å². The summed E-state index contributed by atoms with van der Waals surface area (Å²) in [5.41, 5.74) is 3.13. The lowest BCUT2D eigenvalue weighted by Crippen LogP contribution is -2.34. The van der Waals surface area contributed by atoms with Crippen LogP contribution in [0.3, 0.4) is 0 Å². The van der Waals surface area contributed by atoms with Crippen LogP contribution in [0.5, 0.6) is 0 Å². The molecule has 1 saturated carbocycles. The number of rotatable bonds is 7. The molecule has 3 rings (SSSR count). The highest BCUT2D eigenvalue weighted by Gasteiger charge is 2.19. The van der Waals surface area contributed by atoms with Crippen molar-refractivity contribution < 1.29 is 4.79 Å². The molecule has 1 aromatic carbocycles. The molecule has 26 heavy (non-hydrogen) atoms. The summed E-state index contributed by atoms with van der Waals surface area (Å²) in [6, 6.07) is 8.55. The molecular weight excluding hydrogens is 326 g/mol. The number of nitrogens with zero attached hydrogens (tertiary/aromatic N) is 2. The smallest absolute Gasteiger partial charge is 0.319 e. The number of H-pyrrole nitrogens is 1. The Hall–Kier alpha value is -2.34. The largest absolute Gasteiger partial charge is 0.338 e. The summed E-state index contributed by atoms with van der Waals surface area (Å²) in [5.74, 6) is 0. The monoisotopic (exact) mass is 355 g/mol. The Morgan fingerprint density at radius 1 is 1.27 bits per heavy atom. The summed E-state index contributed by atoms with van der Waals surface area (Å²) < 4.78 is 0. The molecular formula is C20H29N5O. The molecule has 1 aliphatic rings. The number of benzene rings is 1. The third-order valence-electron chi connectivity index (χ3n) is 5.14. The number of para-hydroxylation sites is 1. The first-order valence-corrected chi connectivity index (χ1v) is 9.53. The van der Waals surface area contributed by atoms with Crippen molar-refractivity contribution in [2.75, 3.05) is 18.9 Å². The van der Waals surface area contributed by atoms with Gasteiger partial charge >= 0.3 is 6.03 Å². The lowest BCUT2D eigenvalue weighted by atomic mass is 9.94. The minimum atomic E-state index is -0.165. The highest BCUT2D eigenvalue weighted by Crippen LogP contribution is 2.24. The molecule has 2 aromatic rings. The van der Waals surface area contributed by atoms with E-state index in [4.69, 9.17) is 0 Å². The first kappa shape index (κ1) is 18.5. The van der Waals surface area contributed by atoms with Gasteiger partial charge in [-0.3, -0.25) is 10.00 Å². The zero-order valence-electron chi connectivity index (χ0n) is 15.5. The van der Waals surface area contributed by atoms with Gasteiger partial charge < -0.3 is 10.6 Å². The number of anilines is 1. The number of carbonyl (C=O) groups excluding carboxylic acids is 1. The van der Waals surface area contributed by atoms with Crippen molar-refractivity contribution in [3.8, 4) is 0 Å². The normalized spacial score (nSPS) is 15.2. The SMILES string of the molecule is CN(Cc1ccccc1NC(=O)NCCc1cn[nH]c1)C1CCCCC1. The van der Waals surface area contributed by atoms with Crippen molar-refractivity contribution in [1.82, 2.24) is 20.4 Å². The Kier molecular flexibility index (Phi) is 6.66. The minimum absolute atomic E-state index is 0.165. The van der Waals surface area contributed by atoms with E-state index in [-0.39, 0.29) is 6.03 Å². The number of urea groups is 1. The number of hydrogen-bond acceptors (Lipinski definition) is 3. The van der Waals surface area contributed by atoms with E-state index in [2.05, 4.69) is 38.8 Å². The number of aromatic amines is 1. The summed E-state index contributed by atoms with van der Waals surface area (Å²) in [4.78, 5) is 14.6. The van der Waals surface area contributed by atoms with E-state index in [0.717, 1.165) is 29.8 Å². The molecule has 6 nitrogen and oxygen atoms in total. The second kappa shape index (κ2) is 9.38. The van der Waals surface area contributed by atoms with Gasteiger partial charge in [0.2, 0.25) is 0 Å². The fraction of sp³-hybridized carbons (Fsp3) is 0.500. The van der Waals surface area contributed by atoms with Crippen LogP contribution in [0, 0.1) is 0 Å². The highest BCUT2D eigenvalue weighted by atomic mass is 16.2. The molecule has 3 N–H and O–H groups in total. The first-order valence-electron chi connectivity index (χ1n) is 9.53. The van der Waals surface area contributed by atoms with Gasteiger partial charge in [0.25, 0.3) is 0 Å². The highest BCUT2D eigenvalue weighted by molar-refractivity contribution is 5.90. The van der Waals surface area contributed by atoms with Gasteiger partial charge in [0, 0.05) is 31.0 Å². The second-order valence-corrected chi connectivity index (χ2v) is 7.10. The molecule has 1 aliphatic carbocycles. The third-order valence-corrected chi connectivity index (χ3v) is 5.14. The van der Waals surface area contributed by atoms with Crippen molar-refractivity contribution in [1.29, 1.82) is 0 Å². The molecule has 1 fully saturated rings. The fourth-order valence-corrected chi connectivity index (χ4v) is 3.60. The van der Waals surface area contributed by atoms with Crippen LogP contribution in [-0.4, -0.2) is 40.8 Å². The third kappa shape index (κ3) is 5.33. The number of nitrogens with one attached hydrogen (secondary N) is 3. The number of aromatic nitrogens is 2. The van der Waals surface area contributed by atoms with E-state index >= 15 is 0 Å². The molecule has 140 valence electrons. The average molecular weight is 355 g/mol. The maximum Gasteiger partial charge on any atom is 0.319 e. The van der Waals surface area contributed by atoms with Gasteiger partial charge in [-0.25, -0.2) is 4.79 Å². The Bertz CT molecular complexity index is 679. The Labute approximate surface area is 155 Å². The first-order chi connectivity index (χ1) is 12.7. The molecule has 6 heteroatoms. The molecule has 0 atom stereocenters. The summed E-state index contributed by atoms with van der Waals surface area (Å²) in [5, 5.41) is 12.6. The van der Waals surface area contributed by atoms with Crippen LogP contribution in [-0.2, 0) is 13.0 Å². The lowest BCUT2D eigenvalue weighted by Gasteiger charge is -2.31. The van der Waals surface area contributed by atoms with Gasteiger partial charge in [-0.15, -0.1) is 0 Å². The quantitative estimate of drug-likeness (QED) is 0.711. The van der Waals surface area contributed by atoms with Crippen LogP contribution in [0.25, 0.3) is 0 Å². The van der Waals surface area contributed by atoms with Crippen molar-refractivity contribution >= 4 is 11.7 Å². The molecule has 2 amide bonds. The lowest BCUT2D eigenvalue weighted by molar-refractivity contribution is 0.185. The van der Waals surface area contributed by atoms with Crippen molar-refractivity contribution in [3.05, 3.63) is 47.8 Å². The molecule has 0 bridgehead atoms. The van der Waals surface area contributed by atoms with Crippen LogP contribution in [0.4, 0.5) is 10.5 Å². The molecule has 0 unspecified atom stereocenters. The van der Waals surface area contributed by atoms with E-state index in [0.29, 0.717) is 12.6 Å². The maximum atomic E-state index is 12.2. The van der Waals surface area contributed by atoms with Crippen LogP contribution in [0.2, 0.25) is 0 Å². The summed E-state index contributed by atoms with van der Waals surface area (Å²) in [6.45, 7) is 1.44. The van der Waals surface area contributed by atoms with Crippen LogP contribution >= 0.6 is 0 Å². The summed E-state index contributed by atoms with van der Waals surface area (Å²) in [6.07, 6.45) is 11.0. The zero-order valence-corrected chi connectivity index (χ0v) is 15.5. The summed E-state index contributed by atoms with van der Waals surface area (Å²) >= 11 is 0. The number of amides is 2. The van der Waals surface area contributed by atoms with E-state index in [1.165, 1.54) is 32.1 Å². The molecule has 1 aromatic heterocycles. The van der Waals surface area contributed by atoms with Crippen molar-refractivity contribution in [3.63, 3.8) is 0 Å². The Morgan fingerprint density at radius 3 is 2.85 bits per heavy atom. The zero-order chi connectivity index (χ0) is 18.2. The fourth-order valence-electron chi connectivity index (χ4n) is 3.60. The predicted octanol–water partition coefficient (Wildman–Crippen LogP) is 3.54. The van der Waals surface area contributed by atoms with Crippen LogP contribution < -0.4 is 10.6 Å². The molecule has 0 spiro atoms. The Balaban J connectivity index is 1.51. The van der Waals surface area contributed by atoms with E-state index in [1.807, 2.05) is 24.4 Å². The van der Waals surface area contributed by atoms with E-state index in [9.17, 15) is 4.79 Å². The number of carbonyl (C=O) groups is 1. The molecule has 1 heterocycles. The molecule has 0 radical (unpaired) electrons. The Morgan fingerprint density at radius 2 is 2.08 bits per heavy atom. The van der Waals surface area contributed by atoms with E-state index < -0.39 is 0 Å². The van der Waals surface area contributed by atoms with Crippen LogP contribution in [0.1, 0.15) is 43.2 Å². The van der Waals surface area contributed by atoms with E-state index in [1.54, 1.807) is 6.20 Å². The van der Waals surface area contributed by atoms with Gasteiger partial charge in [-0.05, 0) is 43.5 Å². The van der Waals surface area contributed by atoms with Gasteiger partial charge in [-0.2, -0.15) is 5.10 Å².